The van der Waals surface area contributed by atoms with Gasteiger partial charge in [0.1, 0.15) is 13.0 Å². The van der Waals surface area contributed by atoms with E-state index in [0.717, 1.165) is 16.5 Å². The summed E-state index contributed by atoms with van der Waals surface area (Å²) >= 11 is 0. The van der Waals surface area contributed by atoms with Crippen molar-refractivity contribution in [3.63, 3.8) is 0 Å². The largest absolute Gasteiger partial charge is 0.465 e. The van der Waals surface area contributed by atoms with Crippen LogP contribution in [0.15, 0.2) is 35.6 Å². The Balaban J connectivity index is 2.23. The molecule has 0 fully saturated rings. The lowest BCUT2D eigenvalue weighted by atomic mass is 10.2. The molecule has 0 aliphatic carbocycles. The Bertz CT molecular complexity index is 786. The first-order valence-corrected chi connectivity index (χ1v) is 7.08. The van der Waals surface area contributed by atoms with Crippen molar-refractivity contribution in [2.75, 3.05) is 6.61 Å². The van der Waals surface area contributed by atoms with E-state index in [4.69, 9.17) is 10.00 Å². The second kappa shape index (κ2) is 7.75. The van der Waals surface area contributed by atoms with Crippen LogP contribution in [-0.2, 0) is 20.9 Å². The number of carbonyl (C=O) groups excluding carboxylic acids is 2. The zero-order chi connectivity index (χ0) is 16.7. The average molecular weight is 312 g/mol. The Morgan fingerprint density at radius 1 is 1.43 bits per heavy atom. The van der Waals surface area contributed by atoms with Gasteiger partial charge in [-0.05, 0) is 13.0 Å². The number of nitrogens with one attached hydrogen (secondary N) is 1. The molecule has 0 spiro atoms. The van der Waals surface area contributed by atoms with Gasteiger partial charge in [0.05, 0.1) is 18.9 Å². The van der Waals surface area contributed by atoms with E-state index in [9.17, 15) is 9.59 Å². The van der Waals surface area contributed by atoms with Crippen molar-refractivity contribution in [2.45, 2.75) is 19.9 Å². The van der Waals surface area contributed by atoms with Crippen molar-refractivity contribution in [1.29, 1.82) is 5.26 Å². The van der Waals surface area contributed by atoms with Crippen LogP contribution in [0.25, 0.3) is 10.9 Å². The molecule has 1 N–H and O–H groups in total. The van der Waals surface area contributed by atoms with Crippen molar-refractivity contribution in [3.8, 4) is 6.07 Å². The second-order valence-electron chi connectivity index (χ2n) is 4.66. The number of hydrazone groups is 1. The highest BCUT2D eigenvalue weighted by Crippen LogP contribution is 2.20. The van der Waals surface area contributed by atoms with Gasteiger partial charge in [-0.25, -0.2) is 5.43 Å². The number of nitriles is 1. The maximum Gasteiger partial charge on any atom is 0.325 e. The van der Waals surface area contributed by atoms with E-state index in [1.165, 1.54) is 6.21 Å². The van der Waals surface area contributed by atoms with Crippen molar-refractivity contribution in [2.24, 2.45) is 5.10 Å². The van der Waals surface area contributed by atoms with Crippen LogP contribution in [-0.4, -0.2) is 29.3 Å². The first-order valence-electron chi connectivity index (χ1n) is 7.08. The zero-order valence-electron chi connectivity index (χ0n) is 12.7. The number of rotatable bonds is 6. The summed E-state index contributed by atoms with van der Waals surface area (Å²) in [7, 11) is 0. The highest BCUT2D eigenvalue weighted by atomic mass is 16.5. The Kier molecular flexibility index (Phi) is 5.47. The number of hydrogen-bond acceptors (Lipinski definition) is 5. The molecule has 0 aliphatic rings. The van der Waals surface area contributed by atoms with Crippen molar-refractivity contribution >= 4 is 29.0 Å². The summed E-state index contributed by atoms with van der Waals surface area (Å²) in [6.45, 7) is 2.19. The third-order valence-electron chi connectivity index (χ3n) is 3.06. The smallest absolute Gasteiger partial charge is 0.325 e. The lowest BCUT2D eigenvalue weighted by molar-refractivity contribution is -0.143. The number of benzene rings is 1. The van der Waals surface area contributed by atoms with Crippen molar-refractivity contribution in [3.05, 3.63) is 36.0 Å². The van der Waals surface area contributed by atoms with Crippen LogP contribution in [0.2, 0.25) is 0 Å². The Hall–Kier alpha value is -3.14. The third-order valence-corrected chi connectivity index (χ3v) is 3.06. The van der Waals surface area contributed by atoms with Crippen LogP contribution in [0.5, 0.6) is 0 Å². The molecule has 2 rings (SSSR count). The molecule has 0 atom stereocenters. The molecule has 23 heavy (non-hydrogen) atoms. The monoisotopic (exact) mass is 312 g/mol. The van der Waals surface area contributed by atoms with Gasteiger partial charge >= 0.3 is 5.97 Å². The minimum Gasteiger partial charge on any atom is -0.465 e. The van der Waals surface area contributed by atoms with Gasteiger partial charge in [0.25, 0.3) is 5.91 Å². The number of carbonyl (C=O) groups is 2. The lowest BCUT2D eigenvalue weighted by Gasteiger charge is -2.04. The SMILES string of the molecule is CCOC(=O)Cn1cc(/C=N/NC(=O)CC#N)c2ccccc21. The molecule has 1 heterocycles. The van der Waals surface area contributed by atoms with Crippen LogP contribution in [0, 0.1) is 11.3 Å². The standard InChI is InChI=1S/C16H16N4O3/c1-2-23-16(22)11-20-10-12(9-18-19-15(21)7-8-17)13-5-3-4-6-14(13)20/h3-6,9-10H,2,7,11H2,1H3,(H,19,21)/b18-9+. The number of fused-ring (bicyclic) bond motifs is 1. The fourth-order valence-electron chi connectivity index (χ4n) is 2.14. The predicted molar refractivity (Wildman–Crippen MR) is 84.5 cm³/mol. The summed E-state index contributed by atoms with van der Waals surface area (Å²) < 4.78 is 6.73. The van der Waals surface area contributed by atoms with Crippen LogP contribution in [0.3, 0.4) is 0 Å². The molecule has 2 aromatic rings. The highest BCUT2D eigenvalue weighted by molar-refractivity contribution is 6.00. The van der Waals surface area contributed by atoms with Crippen LogP contribution >= 0.6 is 0 Å². The van der Waals surface area contributed by atoms with E-state index < -0.39 is 5.91 Å². The first kappa shape index (κ1) is 16.2. The van der Waals surface area contributed by atoms with Gasteiger partial charge in [0, 0.05) is 22.7 Å². The fourth-order valence-corrected chi connectivity index (χ4v) is 2.14. The molecular formula is C16H16N4O3. The summed E-state index contributed by atoms with van der Waals surface area (Å²) in [6, 6.07) is 9.28. The second-order valence-corrected chi connectivity index (χ2v) is 4.66. The average Bonchev–Trinajstić information content (AvgIpc) is 2.86. The fraction of sp³-hybridized carbons (Fsp3) is 0.250. The number of aromatic nitrogens is 1. The molecule has 7 heteroatoms. The maximum absolute atomic E-state index is 11.7. The molecule has 0 bridgehead atoms. The molecular weight excluding hydrogens is 296 g/mol. The minimum absolute atomic E-state index is 0.100. The molecule has 1 amide bonds. The van der Waals surface area contributed by atoms with E-state index in [1.54, 1.807) is 23.8 Å². The van der Waals surface area contributed by atoms with Gasteiger partial charge in [0.2, 0.25) is 0 Å². The number of ether oxygens (including phenoxy) is 1. The summed E-state index contributed by atoms with van der Waals surface area (Å²) in [6.07, 6.45) is 3.00. The van der Waals surface area contributed by atoms with Crippen LogP contribution in [0.1, 0.15) is 18.9 Å². The Morgan fingerprint density at radius 2 is 2.22 bits per heavy atom. The van der Waals surface area contributed by atoms with Crippen molar-refractivity contribution in [1.82, 2.24) is 9.99 Å². The summed E-state index contributed by atoms with van der Waals surface area (Å²) in [5.74, 6) is -0.793. The van der Waals surface area contributed by atoms with Gasteiger partial charge in [-0.2, -0.15) is 10.4 Å². The lowest BCUT2D eigenvalue weighted by Crippen LogP contribution is -2.16. The Labute approximate surface area is 133 Å². The number of esters is 1. The van der Waals surface area contributed by atoms with E-state index in [2.05, 4.69) is 10.5 Å². The molecule has 0 saturated heterocycles. The van der Waals surface area contributed by atoms with Crippen molar-refractivity contribution < 1.29 is 14.3 Å². The number of amides is 1. The van der Waals surface area contributed by atoms with Gasteiger partial charge in [0.15, 0.2) is 0 Å². The number of para-hydroxylation sites is 1. The molecule has 7 nitrogen and oxygen atoms in total. The highest BCUT2D eigenvalue weighted by Gasteiger charge is 2.10. The molecule has 1 aromatic carbocycles. The van der Waals surface area contributed by atoms with Gasteiger partial charge in [-0.1, -0.05) is 18.2 Å². The van der Waals surface area contributed by atoms with E-state index in [0.29, 0.717) is 6.61 Å². The molecule has 0 unspecified atom stereocenters. The minimum atomic E-state index is -0.473. The van der Waals surface area contributed by atoms with Gasteiger partial charge < -0.3 is 9.30 Å². The molecule has 0 aliphatic heterocycles. The summed E-state index contributed by atoms with van der Waals surface area (Å²) in [5.41, 5.74) is 3.89. The van der Waals surface area contributed by atoms with Gasteiger partial charge in [-0.15, -0.1) is 0 Å². The van der Waals surface area contributed by atoms with E-state index in [1.807, 2.05) is 24.3 Å². The third kappa shape index (κ3) is 4.17. The summed E-state index contributed by atoms with van der Waals surface area (Å²) in [4.78, 5) is 22.9. The topological polar surface area (TPSA) is 96.5 Å². The zero-order valence-corrected chi connectivity index (χ0v) is 12.7. The Morgan fingerprint density at radius 3 is 2.96 bits per heavy atom. The number of nitrogens with zero attached hydrogens (tertiary/aromatic N) is 3. The number of hydrogen-bond donors (Lipinski definition) is 1. The molecule has 118 valence electrons. The quantitative estimate of drug-likeness (QED) is 0.497. The predicted octanol–water partition coefficient (Wildman–Crippen LogP) is 1.57. The normalized spacial score (nSPS) is 10.6. The van der Waals surface area contributed by atoms with Crippen LogP contribution in [0.4, 0.5) is 0 Å². The molecule has 0 radical (unpaired) electrons. The van der Waals surface area contributed by atoms with Gasteiger partial charge in [-0.3, -0.25) is 9.59 Å². The van der Waals surface area contributed by atoms with E-state index in [-0.39, 0.29) is 18.9 Å². The molecule has 1 aromatic heterocycles. The summed E-state index contributed by atoms with van der Waals surface area (Å²) in [5, 5.41) is 13.1. The van der Waals surface area contributed by atoms with Crippen LogP contribution < -0.4 is 5.43 Å². The maximum atomic E-state index is 11.7. The van der Waals surface area contributed by atoms with E-state index >= 15 is 0 Å². The first-order chi connectivity index (χ1) is 11.2. The molecule has 0 saturated carbocycles.